The minimum Gasteiger partial charge on any atom is -0.359 e. The SMILES string of the molecule is CN=C(NC)Nc1c(Cl)cccc1Cl. The fraction of sp³-hybridized carbons (Fsp3) is 0.222. The zero-order chi connectivity index (χ0) is 10.6. The van der Waals surface area contributed by atoms with E-state index in [1.165, 1.54) is 0 Å². The molecule has 0 saturated carbocycles. The highest BCUT2D eigenvalue weighted by Crippen LogP contribution is 2.29. The molecular formula is C9H11Cl2N3. The van der Waals surface area contributed by atoms with Crippen LogP contribution in [0.3, 0.4) is 0 Å². The topological polar surface area (TPSA) is 36.4 Å². The number of halogens is 2. The number of para-hydroxylation sites is 1. The van der Waals surface area contributed by atoms with Crippen molar-refractivity contribution in [2.45, 2.75) is 0 Å². The van der Waals surface area contributed by atoms with Crippen molar-refractivity contribution in [2.24, 2.45) is 4.99 Å². The molecule has 0 amide bonds. The molecule has 0 aliphatic carbocycles. The predicted molar refractivity (Wildman–Crippen MR) is 62.5 cm³/mol. The van der Waals surface area contributed by atoms with Crippen molar-refractivity contribution < 1.29 is 0 Å². The zero-order valence-electron chi connectivity index (χ0n) is 7.94. The maximum Gasteiger partial charge on any atom is 0.195 e. The van der Waals surface area contributed by atoms with E-state index in [9.17, 15) is 0 Å². The third kappa shape index (κ3) is 2.53. The Morgan fingerprint density at radius 3 is 2.29 bits per heavy atom. The summed E-state index contributed by atoms with van der Waals surface area (Å²) in [4.78, 5) is 3.96. The molecule has 5 heteroatoms. The van der Waals surface area contributed by atoms with Crippen LogP contribution >= 0.6 is 23.2 Å². The molecule has 2 N–H and O–H groups in total. The first kappa shape index (κ1) is 11.1. The van der Waals surface area contributed by atoms with Crippen molar-refractivity contribution in [2.75, 3.05) is 19.4 Å². The Bertz CT molecular complexity index is 330. The van der Waals surface area contributed by atoms with Gasteiger partial charge in [-0.1, -0.05) is 29.3 Å². The van der Waals surface area contributed by atoms with Crippen LogP contribution in [0.2, 0.25) is 10.0 Å². The first-order chi connectivity index (χ1) is 6.69. The molecule has 0 fully saturated rings. The molecule has 0 aliphatic rings. The van der Waals surface area contributed by atoms with Gasteiger partial charge in [0.05, 0.1) is 15.7 Å². The number of aliphatic imine (C=N–C) groups is 1. The van der Waals surface area contributed by atoms with Gasteiger partial charge >= 0.3 is 0 Å². The lowest BCUT2D eigenvalue weighted by Gasteiger charge is -2.11. The van der Waals surface area contributed by atoms with E-state index < -0.39 is 0 Å². The number of hydrogen-bond acceptors (Lipinski definition) is 1. The summed E-state index contributed by atoms with van der Waals surface area (Å²) in [6.45, 7) is 0. The Balaban J connectivity index is 2.96. The van der Waals surface area contributed by atoms with Crippen LogP contribution in [-0.2, 0) is 0 Å². The van der Waals surface area contributed by atoms with E-state index in [1.54, 1.807) is 32.3 Å². The number of rotatable bonds is 1. The summed E-state index contributed by atoms with van der Waals surface area (Å²) in [7, 11) is 3.43. The summed E-state index contributed by atoms with van der Waals surface area (Å²) in [5.74, 6) is 0.611. The predicted octanol–water partition coefficient (Wildman–Crippen LogP) is 2.61. The highest BCUT2D eigenvalue weighted by Gasteiger charge is 2.05. The van der Waals surface area contributed by atoms with Gasteiger partial charge in [-0.2, -0.15) is 0 Å². The van der Waals surface area contributed by atoms with Crippen molar-refractivity contribution in [1.29, 1.82) is 0 Å². The van der Waals surface area contributed by atoms with Crippen LogP contribution in [0.1, 0.15) is 0 Å². The quantitative estimate of drug-likeness (QED) is 0.576. The van der Waals surface area contributed by atoms with Gasteiger partial charge in [-0.3, -0.25) is 4.99 Å². The van der Waals surface area contributed by atoms with Crippen LogP contribution < -0.4 is 10.6 Å². The van der Waals surface area contributed by atoms with Gasteiger partial charge in [0.15, 0.2) is 5.96 Å². The van der Waals surface area contributed by atoms with E-state index >= 15 is 0 Å². The Hall–Kier alpha value is -0.930. The molecule has 0 aromatic heterocycles. The summed E-state index contributed by atoms with van der Waals surface area (Å²) in [5, 5.41) is 6.99. The average Bonchev–Trinajstić information content (AvgIpc) is 2.18. The third-order valence-electron chi connectivity index (χ3n) is 1.67. The first-order valence-corrected chi connectivity index (χ1v) is 4.80. The summed E-state index contributed by atoms with van der Waals surface area (Å²) < 4.78 is 0. The minimum absolute atomic E-state index is 0.564. The molecule has 0 radical (unpaired) electrons. The molecular weight excluding hydrogens is 221 g/mol. The molecule has 1 rings (SSSR count). The number of guanidine groups is 1. The van der Waals surface area contributed by atoms with Crippen LogP contribution in [0.5, 0.6) is 0 Å². The van der Waals surface area contributed by atoms with Crippen LogP contribution in [0.25, 0.3) is 0 Å². The fourth-order valence-corrected chi connectivity index (χ4v) is 1.46. The molecule has 1 aromatic rings. The summed E-state index contributed by atoms with van der Waals surface area (Å²) >= 11 is 11.9. The maximum atomic E-state index is 5.96. The lowest BCUT2D eigenvalue weighted by atomic mass is 10.3. The second-order valence-corrected chi connectivity index (χ2v) is 3.36. The van der Waals surface area contributed by atoms with Gasteiger partial charge in [0, 0.05) is 14.1 Å². The number of nitrogens with one attached hydrogen (secondary N) is 2. The molecule has 0 spiro atoms. The maximum absolute atomic E-state index is 5.96. The van der Waals surface area contributed by atoms with E-state index in [0.717, 1.165) is 0 Å². The van der Waals surface area contributed by atoms with Crippen molar-refractivity contribution in [3.63, 3.8) is 0 Å². The second-order valence-electron chi connectivity index (χ2n) is 2.54. The smallest absolute Gasteiger partial charge is 0.195 e. The van der Waals surface area contributed by atoms with Gasteiger partial charge in [0.25, 0.3) is 0 Å². The standard InChI is InChI=1S/C9H11Cl2N3/c1-12-9(13-2)14-8-6(10)4-3-5-7(8)11/h3-5H,1-2H3,(H2,12,13,14). The average molecular weight is 232 g/mol. The van der Waals surface area contributed by atoms with Gasteiger partial charge in [-0.15, -0.1) is 0 Å². The van der Waals surface area contributed by atoms with Gasteiger partial charge in [0.1, 0.15) is 0 Å². The van der Waals surface area contributed by atoms with Gasteiger partial charge in [0.2, 0.25) is 0 Å². The van der Waals surface area contributed by atoms with E-state index in [0.29, 0.717) is 21.7 Å². The summed E-state index contributed by atoms with van der Waals surface area (Å²) in [5.41, 5.74) is 0.658. The lowest BCUT2D eigenvalue weighted by molar-refractivity contribution is 1.14. The van der Waals surface area contributed by atoms with Gasteiger partial charge in [-0.05, 0) is 12.1 Å². The van der Waals surface area contributed by atoms with Crippen LogP contribution in [0.15, 0.2) is 23.2 Å². The first-order valence-electron chi connectivity index (χ1n) is 4.04. The van der Waals surface area contributed by atoms with E-state index in [1.807, 2.05) is 0 Å². The number of anilines is 1. The molecule has 14 heavy (non-hydrogen) atoms. The van der Waals surface area contributed by atoms with Crippen molar-refractivity contribution >= 4 is 34.8 Å². The summed E-state index contributed by atoms with van der Waals surface area (Å²) in [6.07, 6.45) is 0. The van der Waals surface area contributed by atoms with Crippen molar-refractivity contribution in [3.05, 3.63) is 28.2 Å². The fourth-order valence-electron chi connectivity index (χ4n) is 0.966. The molecule has 0 saturated heterocycles. The zero-order valence-corrected chi connectivity index (χ0v) is 9.45. The highest BCUT2D eigenvalue weighted by atomic mass is 35.5. The van der Waals surface area contributed by atoms with Crippen molar-refractivity contribution in [3.8, 4) is 0 Å². The van der Waals surface area contributed by atoms with Gasteiger partial charge in [-0.25, -0.2) is 0 Å². The Morgan fingerprint density at radius 1 is 1.29 bits per heavy atom. The Kier molecular flexibility index (Phi) is 4.04. The van der Waals surface area contributed by atoms with E-state index in [4.69, 9.17) is 23.2 Å². The van der Waals surface area contributed by atoms with Crippen LogP contribution in [0, 0.1) is 0 Å². The Morgan fingerprint density at radius 2 is 1.86 bits per heavy atom. The Labute approximate surface area is 93.1 Å². The number of nitrogens with zero attached hydrogens (tertiary/aromatic N) is 1. The van der Waals surface area contributed by atoms with Gasteiger partial charge < -0.3 is 10.6 Å². The molecule has 3 nitrogen and oxygen atoms in total. The van der Waals surface area contributed by atoms with E-state index in [-0.39, 0.29) is 0 Å². The van der Waals surface area contributed by atoms with Crippen LogP contribution in [0.4, 0.5) is 5.69 Å². The largest absolute Gasteiger partial charge is 0.359 e. The van der Waals surface area contributed by atoms with E-state index in [2.05, 4.69) is 15.6 Å². The normalized spacial score (nSPS) is 11.3. The molecule has 0 atom stereocenters. The minimum atomic E-state index is 0.564. The monoisotopic (exact) mass is 231 g/mol. The molecule has 0 bridgehead atoms. The molecule has 76 valence electrons. The third-order valence-corrected chi connectivity index (χ3v) is 2.30. The molecule has 0 aliphatic heterocycles. The number of benzene rings is 1. The summed E-state index contributed by atoms with van der Waals surface area (Å²) in [6, 6.07) is 5.31. The number of hydrogen-bond donors (Lipinski definition) is 2. The highest BCUT2D eigenvalue weighted by molar-refractivity contribution is 6.39. The second kappa shape index (κ2) is 5.08. The molecule has 1 aromatic carbocycles. The molecule has 0 heterocycles. The van der Waals surface area contributed by atoms with Crippen LogP contribution in [-0.4, -0.2) is 20.1 Å². The molecule has 0 unspecified atom stereocenters. The van der Waals surface area contributed by atoms with Crippen molar-refractivity contribution in [1.82, 2.24) is 5.32 Å². The lowest BCUT2D eigenvalue weighted by Crippen LogP contribution is -2.27.